The maximum atomic E-state index is 10.7. The monoisotopic (exact) mass is 242 g/mol. The highest BCUT2D eigenvalue weighted by molar-refractivity contribution is 5.75. The largest absolute Gasteiger partial charge is 0.494 e. The van der Waals surface area contributed by atoms with Crippen LogP contribution in [-0.4, -0.2) is 12.9 Å². The molecule has 0 unspecified atom stereocenters. The second-order valence-electron chi connectivity index (χ2n) is 3.70. The number of ether oxygens (including phenoxy) is 2. The van der Waals surface area contributed by atoms with Crippen LogP contribution in [0.1, 0.15) is 17.3 Å². The molecule has 0 atom stereocenters. The number of hydrogen-bond donors (Lipinski definition) is 0. The molecule has 2 aromatic rings. The van der Waals surface area contributed by atoms with Crippen LogP contribution in [-0.2, 0) is 0 Å². The lowest BCUT2D eigenvalue weighted by Gasteiger charge is -2.07. The van der Waals surface area contributed by atoms with Gasteiger partial charge in [-0.3, -0.25) is 4.79 Å². The smallest absolute Gasteiger partial charge is 0.150 e. The van der Waals surface area contributed by atoms with Crippen LogP contribution in [0.15, 0.2) is 48.5 Å². The topological polar surface area (TPSA) is 35.5 Å². The van der Waals surface area contributed by atoms with Gasteiger partial charge < -0.3 is 9.47 Å². The molecule has 18 heavy (non-hydrogen) atoms. The van der Waals surface area contributed by atoms with Gasteiger partial charge in [0.2, 0.25) is 0 Å². The lowest BCUT2D eigenvalue weighted by atomic mass is 10.2. The van der Waals surface area contributed by atoms with E-state index in [1.165, 1.54) is 0 Å². The van der Waals surface area contributed by atoms with Gasteiger partial charge in [-0.2, -0.15) is 0 Å². The minimum atomic E-state index is 0.596. The second kappa shape index (κ2) is 5.87. The maximum Gasteiger partial charge on any atom is 0.150 e. The summed E-state index contributed by atoms with van der Waals surface area (Å²) in [4.78, 5) is 10.7. The van der Waals surface area contributed by atoms with Crippen LogP contribution in [0, 0.1) is 0 Å². The second-order valence-corrected chi connectivity index (χ2v) is 3.70. The first-order valence-corrected chi connectivity index (χ1v) is 5.78. The van der Waals surface area contributed by atoms with Crippen LogP contribution in [0.4, 0.5) is 0 Å². The highest BCUT2D eigenvalue weighted by Crippen LogP contribution is 2.24. The minimum absolute atomic E-state index is 0.596. The van der Waals surface area contributed by atoms with E-state index < -0.39 is 0 Å². The van der Waals surface area contributed by atoms with Crippen LogP contribution < -0.4 is 9.47 Å². The molecule has 92 valence electrons. The lowest BCUT2D eigenvalue weighted by Crippen LogP contribution is -1.91. The molecule has 0 aliphatic heterocycles. The van der Waals surface area contributed by atoms with E-state index in [2.05, 4.69) is 0 Å². The highest BCUT2D eigenvalue weighted by atomic mass is 16.5. The van der Waals surface area contributed by atoms with Crippen molar-refractivity contribution in [2.75, 3.05) is 6.61 Å². The Hall–Kier alpha value is -2.29. The molecule has 0 heterocycles. The average molecular weight is 242 g/mol. The zero-order valence-corrected chi connectivity index (χ0v) is 10.1. The molecule has 3 nitrogen and oxygen atoms in total. The molecule has 0 fully saturated rings. The molecular formula is C15H14O3. The Labute approximate surface area is 106 Å². The molecule has 0 amide bonds. The molecule has 0 N–H and O–H groups in total. The Morgan fingerprint density at radius 2 is 1.72 bits per heavy atom. The summed E-state index contributed by atoms with van der Waals surface area (Å²) in [7, 11) is 0. The minimum Gasteiger partial charge on any atom is -0.494 e. The van der Waals surface area contributed by atoms with Gasteiger partial charge in [0, 0.05) is 5.56 Å². The summed E-state index contributed by atoms with van der Waals surface area (Å²) in [5.74, 6) is 2.16. The molecule has 0 radical (unpaired) electrons. The fourth-order valence-electron chi connectivity index (χ4n) is 1.56. The standard InChI is InChI=1S/C15H14O3/c1-2-17-13-6-8-14(9-7-13)18-15-5-3-4-12(10-15)11-16/h3-11H,2H2,1H3. The molecule has 0 saturated carbocycles. The van der Waals surface area contributed by atoms with E-state index in [1.807, 2.05) is 37.3 Å². The number of aldehydes is 1. The van der Waals surface area contributed by atoms with Gasteiger partial charge in [-0.15, -0.1) is 0 Å². The number of hydrogen-bond acceptors (Lipinski definition) is 3. The number of benzene rings is 2. The summed E-state index contributed by atoms with van der Waals surface area (Å²) in [5.41, 5.74) is 0.596. The molecule has 0 spiro atoms. The number of carbonyl (C=O) groups is 1. The van der Waals surface area contributed by atoms with E-state index in [0.717, 1.165) is 12.0 Å². The summed E-state index contributed by atoms with van der Waals surface area (Å²) < 4.78 is 11.0. The molecule has 0 saturated heterocycles. The fourth-order valence-corrected chi connectivity index (χ4v) is 1.56. The molecular weight excluding hydrogens is 228 g/mol. The average Bonchev–Trinajstić information content (AvgIpc) is 2.42. The van der Waals surface area contributed by atoms with Crippen molar-refractivity contribution in [2.45, 2.75) is 6.92 Å². The first kappa shape index (κ1) is 12.2. The van der Waals surface area contributed by atoms with Crippen LogP contribution in [0.3, 0.4) is 0 Å². The fraction of sp³-hybridized carbons (Fsp3) is 0.133. The van der Waals surface area contributed by atoms with Crippen molar-refractivity contribution in [2.24, 2.45) is 0 Å². The summed E-state index contributed by atoms with van der Waals surface area (Å²) in [6.07, 6.45) is 0.797. The molecule has 2 aromatic carbocycles. The maximum absolute atomic E-state index is 10.7. The first-order valence-electron chi connectivity index (χ1n) is 5.78. The van der Waals surface area contributed by atoms with Crippen molar-refractivity contribution in [3.05, 3.63) is 54.1 Å². The quantitative estimate of drug-likeness (QED) is 0.750. The molecule has 3 heteroatoms. The van der Waals surface area contributed by atoms with Crippen LogP contribution in [0.2, 0.25) is 0 Å². The summed E-state index contributed by atoms with van der Waals surface area (Å²) in [6, 6.07) is 14.4. The Morgan fingerprint density at radius 3 is 2.39 bits per heavy atom. The zero-order chi connectivity index (χ0) is 12.8. The highest BCUT2D eigenvalue weighted by Gasteiger charge is 1.99. The van der Waals surface area contributed by atoms with E-state index in [1.54, 1.807) is 18.2 Å². The summed E-state index contributed by atoms with van der Waals surface area (Å²) in [5, 5.41) is 0. The molecule has 0 bridgehead atoms. The predicted molar refractivity (Wildman–Crippen MR) is 69.5 cm³/mol. The third-order valence-corrected chi connectivity index (χ3v) is 2.36. The van der Waals surface area contributed by atoms with Crippen molar-refractivity contribution < 1.29 is 14.3 Å². The predicted octanol–water partition coefficient (Wildman–Crippen LogP) is 3.69. The van der Waals surface area contributed by atoms with Crippen molar-refractivity contribution >= 4 is 6.29 Å². The SMILES string of the molecule is CCOc1ccc(Oc2cccc(C=O)c2)cc1. The van der Waals surface area contributed by atoms with Crippen LogP contribution in [0.5, 0.6) is 17.2 Å². The normalized spacial score (nSPS) is 9.83. The number of carbonyl (C=O) groups excluding carboxylic acids is 1. The molecule has 2 rings (SSSR count). The Bertz CT molecular complexity index is 518. The molecule has 0 aliphatic carbocycles. The van der Waals surface area contributed by atoms with Gasteiger partial charge >= 0.3 is 0 Å². The van der Waals surface area contributed by atoms with Gasteiger partial charge in [-0.25, -0.2) is 0 Å². The Kier molecular flexibility index (Phi) is 3.97. The van der Waals surface area contributed by atoms with E-state index in [0.29, 0.717) is 23.7 Å². The Morgan fingerprint density at radius 1 is 1.00 bits per heavy atom. The van der Waals surface area contributed by atoms with E-state index in [4.69, 9.17) is 9.47 Å². The van der Waals surface area contributed by atoms with E-state index in [-0.39, 0.29) is 0 Å². The van der Waals surface area contributed by atoms with Crippen LogP contribution >= 0.6 is 0 Å². The van der Waals surface area contributed by atoms with Crippen LogP contribution in [0.25, 0.3) is 0 Å². The third-order valence-electron chi connectivity index (χ3n) is 2.36. The van der Waals surface area contributed by atoms with E-state index >= 15 is 0 Å². The Balaban J connectivity index is 2.10. The van der Waals surface area contributed by atoms with Gasteiger partial charge in [0.05, 0.1) is 6.61 Å². The van der Waals surface area contributed by atoms with Crippen molar-refractivity contribution in [3.8, 4) is 17.2 Å². The van der Waals surface area contributed by atoms with Gasteiger partial charge in [-0.1, -0.05) is 12.1 Å². The molecule has 0 aromatic heterocycles. The van der Waals surface area contributed by atoms with Gasteiger partial charge in [0.25, 0.3) is 0 Å². The van der Waals surface area contributed by atoms with Gasteiger partial charge in [0.1, 0.15) is 23.5 Å². The van der Waals surface area contributed by atoms with Crippen molar-refractivity contribution in [1.82, 2.24) is 0 Å². The van der Waals surface area contributed by atoms with Gasteiger partial charge in [0.15, 0.2) is 0 Å². The van der Waals surface area contributed by atoms with Crippen molar-refractivity contribution in [1.29, 1.82) is 0 Å². The summed E-state index contributed by atoms with van der Waals surface area (Å²) >= 11 is 0. The first-order chi connectivity index (χ1) is 8.81. The lowest BCUT2D eigenvalue weighted by molar-refractivity contribution is 0.112. The summed E-state index contributed by atoms with van der Waals surface area (Å²) in [6.45, 7) is 2.58. The zero-order valence-electron chi connectivity index (χ0n) is 10.1. The third kappa shape index (κ3) is 3.10. The van der Waals surface area contributed by atoms with Gasteiger partial charge in [-0.05, 0) is 43.3 Å². The van der Waals surface area contributed by atoms with Crippen molar-refractivity contribution in [3.63, 3.8) is 0 Å². The van der Waals surface area contributed by atoms with E-state index in [9.17, 15) is 4.79 Å². The number of rotatable bonds is 5. The molecule has 0 aliphatic rings.